The van der Waals surface area contributed by atoms with Crippen LogP contribution in [0.4, 0.5) is 17.6 Å². The van der Waals surface area contributed by atoms with Crippen LogP contribution >= 0.6 is 0 Å². The monoisotopic (exact) mass is 225 g/mol. The molecule has 1 aromatic heterocycles. The molecule has 0 saturated carbocycles. The Kier molecular flexibility index (Phi) is 2.78. The van der Waals surface area contributed by atoms with E-state index in [2.05, 4.69) is 9.72 Å². The van der Waals surface area contributed by atoms with Crippen molar-refractivity contribution >= 4 is 5.97 Å². The third kappa shape index (κ3) is 3.08. The highest BCUT2D eigenvalue weighted by molar-refractivity contribution is 5.87. The van der Waals surface area contributed by atoms with E-state index in [4.69, 9.17) is 5.11 Å². The molecule has 0 spiro atoms. The number of ether oxygens (including phenoxy) is 1. The van der Waals surface area contributed by atoms with Crippen LogP contribution in [0.25, 0.3) is 0 Å². The van der Waals surface area contributed by atoms with E-state index in [1.165, 1.54) is 0 Å². The van der Waals surface area contributed by atoms with Crippen molar-refractivity contribution in [1.82, 2.24) is 4.98 Å². The lowest BCUT2D eigenvalue weighted by atomic mass is 10.3. The number of carboxylic acid groups (broad SMARTS) is 1. The third-order valence-electron chi connectivity index (χ3n) is 1.28. The summed E-state index contributed by atoms with van der Waals surface area (Å²) in [5.41, 5.74) is -0.989. The van der Waals surface area contributed by atoms with Gasteiger partial charge in [-0.1, -0.05) is 0 Å². The molecule has 0 unspecified atom stereocenters. The Morgan fingerprint density at radius 3 is 2.53 bits per heavy atom. The number of pyridine rings is 1. The highest BCUT2D eigenvalue weighted by Crippen LogP contribution is 2.23. The highest BCUT2D eigenvalue weighted by atomic mass is 19.4. The standard InChI is InChI=1S/C7H3F4NO3/c8-5-4(6(13)14)1-3(2-12-5)15-7(9,10)11/h1-2H,(H,13,14). The summed E-state index contributed by atoms with van der Waals surface area (Å²) >= 11 is 0. The number of rotatable bonds is 2. The molecule has 82 valence electrons. The highest BCUT2D eigenvalue weighted by Gasteiger charge is 2.31. The lowest BCUT2D eigenvalue weighted by Crippen LogP contribution is -2.18. The molecule has 1 rings (SSSR count). The van der Waals surface area contributed by atoms with Crippen LogP contribution in [0.5, 0.6) is 5.75 Å². The van der Waals surface area contributed by atoms with Crippen molar-refractivity contribution in [3.63, 3.8) is 0 Å². The normalized spacial score (nSPS) is 11.2. The number of nitrogens with zero attached hydrogens (tertiary/aromatic N) is 1. The van der Waals surface area contributed by atoms with Crippen LogP contribution in [-0.2, 0) is 0 Å². The number of carbonyl (C=O) groups is 1. The minimum Gasteiger partial charge on any atom is -0.478 e. The van der Waals surface area contributed by atoms with Crippen LogP contribution in [0.2, 0.25) is 0 Å². The van der Waals surface area contributed by atoms with E-state index in [1.54, 1.807) is 0 Å². The molecule has 0 saturated heterocycles. The van der Waals surface area contributed by atoms with Gasteiger partial charge >= 0.3 is 12.3 Å². The van der Waals surface area contributed by atoms with Crippen molar-refractivity contribution < 1.29 is 32.2 Å². The second kappa shape index (κ2) is 3.71. The molecule has 1 aromatic rings. The first-order valence-corrected chi connectivity index (χ1v) is 3.44. The fourth-order valence-corrected chi connectivity index (χ4v) is 0.768. The van der Waals surface area contributed by atoms with Gasteiger partial charge < -0.3 is 9.84 Å². The summed E-state index contributed by atoms with van der Waals surface area (Å²) in [4.78, 5) is 13.1. The van der Waals surface area contributed by atoms with Crippen molar-refractivity contribution in [1.29, 1.82) is 0 Å². The molecule has 0 aliphatic heterocycles. The van der Waals surface area contributed by atoms with Crippen molar-refractivity contribution in [2.75, 3.05) is 0 Å². The lowest BCUT2D eigenvalue weighted by molar-refractivity contribution is -0.274. The van der Waals surface area contributed by atoms with Gasteiger partial charge in [-0.25, -0.2) is 9.78 Å². The van der Waals surface area contributed by atoms with Crippen LogP contribution < -0.4 is 4.74 Å². The first-order chi connectivity index (χ1) is 6.79. The van der Waals surface area contributed by atoms with Gasteiger partial charge in [0.05, 0.1) is 6.20 Å². The summed E-state index contributed by atoms with van der Waals surface area (Å²) < 4.78 is 51.0. The molecule has 0 bridgehead atoms. The average Bonchev–Trinajstić information content (AvgIpc) is 2.05. The second-order valence-corrected chi connectivity index (χ2v) is 2.36. The molecule has 0 radical (unpaired) electrons. The van der Waals surface area contributed by atoms with Gasteiger partial charge in [-0.3, -0.25) is 0 Å². The van der Waals surface area contributed by atoms with Crippen LogP contribution in [0.1, 0.15) is 10.4 Å². The first-order valence-electron chi connectivity index (χ1n) is 3.44. The van der Waals surface area contributed by atoms with Crippen LogP contribution in [0.3, 0.4) is 0 Å². The maximum absolute atomic E-state index is 12.6. The summed E-state index contributed by atoms with van der Waals surface area (Å²) in [6, 6.07) is 0.401. The minimum atomic E-state index is -4.98. The summed E-state index contributed by atoms with van der Waals surface area (Å²) in [6.07, 6.45) is -4.54. The summed E-state index contributed by atoms with van der Waals surface area (Å²) in [7, 11) is 0. The minimum absolute atomic E-state index is 0.401. The Morgan fingerprint density at radius 1 is 1.47 bits per heavy atom. The van der Waals surface area contributed by atoms with Gasteiger partial charge in [0.2, 0.25) is 5.95 Å². The predicted octanol–water partition coefficient (Wildman–Crippen LogP) is 1.82. The molecule has 0 aliphatic carbocycles. The average molecular weight is 225 g/mol. The number of carboxylic acids is 1. The van der Waals surface area contributed by atoms with Crippen molar-refractivity contribution in [2.24, 2.45) is 0 Å². The summed E-state index contributed by atoms with van der Waals surface area (Å²) in [5, 5.41) is 8.37. The molecular formula is C7H3F4NO3. The molecule has 0 atom stereocenters. The van der Waals surface area contributed by atoms with Gasteiger partial charge in [0.25, 0.3) is 0 Å². The number of hydrogen-bond donors (Lipinski definition) is 1. The second-order valence-electron chi connectivity index (χ2n) is 2.36. The van der Waals surface area contributed by atoms with E-state index < -0.39 is 29.6 Å². The van der Waals surface area contributed by atoms with Crippen LogP contribution in [0, 0.1) is 5.95 Å². The van der Waals surface area contributed by atoms with Crippen LogP contribution in [-0.4, -0.2) is 22.4 Å². The Balaban J connectivity index is 3.03. The quantitative estimate of drug-likeness (QED) is 0.616. The largest absolute Gasteiger partial charge is 0.573 e. The van der Waals surface area contributed by atoms with Gasteiger partial charge in [0.15, 0.2) is 0 Å². The number of aromatic carboxylic acids is 1. The fraction of sp³-hybridized carbons (Fsp3) is 0.143. The van der Waals surface area contributed by atoms with Crippen molar-refractivity contribution in [3.05, 3.63) is 23.8 Å². The molecule has 15 heavy (non-hydrogen) atoms. The lowest BCUT2D eigenvalue weighted by Gasteiger charge is -2.08. The number of halogens is 4. The van der Waals surface area contributed by atoms with Gasteiger partial charge in [0, 0.05) is 6.07 Å². The molecule has 8 heteroatoms. The Bertz CT molecular complexity index is 390. The first kappa shape index (κ1) is 11.2. The van der Waals surface area contributed by atoms with E-state index in [-0.39, 0.29) is 0 Å². The van der Waals surface area contributed by atoms with Crippen LogP contribution in [0.15, 0.2) is 12.3 Å². The topological polar surface area (TPSA) is 59.4 Å². The van der Waals surface area contributed by atoms with Crippen molar-refractivity contribution in [2.45, 2.75) is 6.36 Å². The maximum Gasteiger partial charge on any atom is 0.573 e. The van der Waals surface area contributed by atoms with E-state index in [0.29, 0.717) is 12.3 Å². The zero-order valence-corrected chi connectivity index (χ0v) is 6.88. The molecule has 4 nitrogen and oxygen atoms in total. The zero-order valence-electron chi connectivity index (χ0n) is 6.88. The number of alkyl halides is 3. The van der Waals surface area contributed by atoms with E-state index >= 15 is 0 Å². The Morgan fingerprint density at radius 2 is 2.07 bits per heavy atom. The molecule has 0 aromatic carbocycles. The van der Waals surface area contributed by atoms with Gasteiger partial charge in [0.1, 0.15) is 11.3 Å². The zero-order chi connectivity index (χ0) is 11.6. The SMILES string of the molecule is O=C(O)c1cc(OC(F)(F)F)cnc1F. The smallest absolute Gasteiger partial charge is 0.478 e. The molecule has 0 fully saturated rings. The van der Waals surface area contributed by atoms with Gasteiger partial charge in [-0.2, -0.15) is 4.39 Å². The molecule has 1 N–H and O–H groups in total. The Hall–Kier alpha value is -1.86. The predicted molar refractivity (Wildman–Crippen MR) is 37.8 cm³/mol. The van der Waals surface area contributed by atoms with E-state index in [1.807, 2.05) is 0 Å². The maximum atomic E-state index is 12.6. The Labute approximate surface area is 80.1 Å². The molecule has 1 heterocycles. The number of aromatic nitrogens is 1. The summed E-state index contributed by atoms with van der Waals surface area (Å²) in [6.45, 7) is 0. The van der Waals surface area contributed by atoms with Crippen molar-refractivity contribution in [3.8, 4) is 5.75 Å². The fourth-order valence-electron chi connectivity index (χ4n) is 0.768. The van der Waals surface area contributed by atoms with Gasteiger partial charge in [-0.05, 0) is 0 Å². The molecular weight excluding hydrogens is 222 g/mol. The number of hydrogen-bond acceptors (Lipinski definition) is 3. The van der Waals surface area contributed by atoms with E-state index in [0.717, 1.165) is 0 Å². The molecule has 0 amide bonds. The summed E-state index contributed by atoms with van der Waals surface area (Å²) in [5.74, 6) is -3.99. The van der Waals surface area contributed by atoms with E-state index in [9.17, 15) is 22.4 Å². The van der Waals surface area contributed by atoms with Gasteiger partial charge in [-0.15, -0.1) is 13.2 Å². The molecule has 0 aliphatic rings. The third-order valence-corrected chi connectivity index (χ3v) is 1.28.